The Morgan fingerprint density at radius 3 is 2.12 bits per heavy atom. The Hall–Kier alpha value is -1.76. The number of fused-ring (bicyclic) bond motifs is 2. The van der Waals surface area contributed by atoms with Crippen molar-refractivity contribution < 1.29 is 14.5 Å². The molecular weight excluding hydrogens is 552 g/mol. The van der Waals surface area contributed by atoms with Crippen molar-refractivity contribution in [1.82, 2.24) is 0 Å². The molecule has 2 N–H and O–H groups in total. The molecule has 2 aliphatic rings. The summed E-state index contributed by atoms with van der Waals surface area (Å²) >= 11 is 4.14. The fraction of sp³-hybridized carbons (Fsp3) is 0.125. The lowest BCUT2D eigenvalue weighted by Gasteiger charge is -2.01. The van der Waals surface area contributed by atoms with E-state index in [0.717, 1.165) is 16.8 Å². The summed E-state index contributed by atoms with van der Waals surface area (Å²) in [6.45, 7) is 0. The number of rotatable bonds is 1. The molecule has 0 aliphatic carbocycles. The number of benzene rings is 2. The molecule has 0 spiro atoms. The lowest BCUT2D eigenvalue weighted by atomic mass is 10.1. The molecule has 0 atom stereocenters. The minimum atomic E-state index is -0.440. The maximum atomic E-state index is 11.0. The van der Waals surface area contributed by atoms with Crippen LogP contribution < -0.4 is 10.6 Å². The van der Waals surface area contributed by atoms with Crippen LogP contribution in [0, 0.1) is 17.3 Å². The van der Waals surface area contributed by atoms with Gasteiger partial charge in [0, 0.05) is 26.6 Å². The molecule has 2 amide bonds. The quantitative estimate of drug-likeness (QED) is 0.316. The number of amides is 2. The molecule has 0 bridgehead atoms. The van der Waals surface area contributed by atoms with E-state index < -0.39 is 4.92 Å². The van der Waals surface area contributed by atoms with Crippen molar-refractivity contribution in [2.45, 2.75) is 12.8 Å². The highest BCUT2D eigenvalue weighted by Gasteiger charge is 2.25. The third-order valence-electron chi connectivity index (χ3n) is 3.76. The van der Waals surface area contributed by atoms with Crippen LogP contribution in [0.25, 0.3) is 0 Å². The van der Waals surface area contributed by atoms with Gasteiger partial charge in [-0.15, -0.1) is 0 Å². The molecule has 0 fully saturated rings. The van der Waals surface area contributed by atoms with E-state index in [9.17, 15) is 19.7 Å². The van der Waals surface area contributed by atoms with E-state index >= 15 is 0 Å². The van der Waals surface area contributed by atoms with Crippen LogP contribution in [0.3, 0.4) is 0 Å². The Morgan fingerprint density at radius 1 is 0.920 bits per heavy atom. The summed E-state index contributed by atoms with van der Waals surface area (Å²) in [6, 6.07) is 8.88. The number of hydrogen-bond donors (Lipinski definition) is 2. The van der Waals surface area contributed by atoms with Gasteiger partial charge in [-0.2, -0.15) is 0 Å². The molecule has 4 rings (SSSR count). The molecule has 25 heavy (non-hydrogen) atoms. The molecule has 9 heteroatoms. The highest BCUT2D eigenvalue weighted by Crippen LogP contribution is 2.33. The van der Waals surface area contributed by atoms with Crippen LogP contribution >= 0.6 is 45.2 Å². The Bertz CT molecular complexity index is 914. The summed E-state index contributed by atoms with van der Waals surface area (Å²) in [5.74, 6) is -0.0115. The SMILES string of the molecule is O=C1Cc2c(I)cccc2N1.O=C1Cc2c(ccc([N+](=O)[O-])c2I)N1. The second-order valence-corrected chi connectivity index (χ2v) is 7.64. The van der Waals surface area contributed by atoms with Crippen molar-refractivity contribution in [3.05, 3.63) is 58.7 Å². The number of nitrogens with one attached hydrogen (secondary N) is 2. The van der Waals surface area contributed by atoms with Gasteiger partial charge in [-0.25, -0.2) is 0 Å². The number of nitro benzene ring substituents is 1. The molecule has 0 aromatic heterocycles. The number of carbonyl (C=O) groups is 2. The van der Waals surface area contributed by atoms with Gasteiger partial charge in [0.05, 0.1) is 21.3 Å². The van der Waals surface area contributed by atoms with Gasteiger partial charge in [-0.05, 0) is 68.9 Å². The maximum Gasteiger partial charge on any atom is 0.283 e. The van der Waals surface area contributed by atoms with Crippen molar-refractivity contribution in [2.75, 3.05) is 10.6 Å². The molecule has 2 heterocycles. The summed E-state index contributed by atoms with van der Waals surface area (Å²) in [5.41, 5.74) is 3.58. The van der Waals surface area contributed by atoms with E-state index in [0.29, 0.717) is 15.7 Å². The lowest BCUT2D eigenvalue weighted by molar-refractivity contribution is -0.385. The topological polar surface area (TPSA) is 101 Å². The fourth-order valence-corrected chi connectivity index (χ4v) is 4.15. The lowest BCUT2D eigenvalue weighted by Crippen LogP contribution is -2.03. The predicted octanol–water partition coefficient (Wildman–Crippen LogP) is 3.48. The van der Waals surface area contributed by atoms with E-state index in [1.807, 2.05) is 40.8 Å². The molecule has 7 nitrogen and oxygen atoms in total. The number of nitrogens with zero attached hydrogens (tertiary/aromatic N) is 1. The van der Waals surface area contributed by atoms with Gasteiger partial charge in [0.2, 0.25) is 11.8 Å². The van der Waals surface area contributed by atoms with Gasteiger partial charge in [-0.3, -0.25) is 19.7 Å². The first kappa shape index (κ1) is 18.0. The van der Waals surface area contributed by atoms with Crippen LogP contribution in [0.15, 0.2) is 30.3 Å². The number of anilines is 2. The van der Waals surface area contributed by atoms with E-state index in [1.54, 1.807) is 6.07 Å². The normalized spacial score (nSPS) is 14.0. The second-order valence-electron chi connectivity index (χ2n) is 5.40. The van der Waals surface area contributed by atoms with Crippen molar-refractivity contribution in [2.24, 2.45) is 0 Å². The van der Waals surface area contributed by atoms with Crippen LogP contribution in [-0.4, -0.2) is 16.7 Å². The van der Waals surface area contributed by atoms with Crippen molar-refractivity contribution in [1.29, 1.82) is 0 Å². The monoisotopic (exact) mass is 563 g/mol. The number of halogens is 2. The zero-order valence-corrected chi connectivity index (χ0v) is 17.0. The van der Waals surface area contributed by atoms with E-state index in [4.69, 9.17) is 0 Å². The van der Waals surface area contributed by atoms with Gasteiger partial charge in [0.1, 0.15) is 0 Å². The largest absolute Gasteiger partial charge is 0.325 e. The Kier molecular flexibility index (Phi) is 5.22. The van der Waals surface area contributed by atoms with Crippen molar-refractivity contribution in [3.63, 3.8) is 0 Å². The van der Waals surface area contributed by atoms with E-state index in [-0.39, 0.29) is 23.9 Å². The zero-order valence-electron chi connectivity index (χ0n) is 12.6. The fourth-order valence-electron chi connectivity index (χ4n) is 2.61. The van der Waals surface area contributed by atoms with Crippen LogP contribution in [-0.2, 0) is 22.4 Å². The van der Waals surface area contributed by atoms with Crippen LogP contribution in [0.1, 0.15) is 11.1 Å². The molecule has 2 aromatic rings. The van der Waals surface area contributed by atoms with Crippen molar-refractivity contribution >= 4 is 74.1 Å². The number of nitro groups is 1. The minimum absolute atomic E-state index is 0.0563. The highest BCUT2D eigenvalue weighted by molar-refractivity contribution is 14.1. The first-order chi connectivity index (χ1) is 11.9. The molecule has 0 saturated heterocycles. The second kappa shape index (κ2) is 7.23. The summed E-state index contributed by atoms with van der Waals surface area (Å²) in [5, 5.41) is 16.0. The van der Waals surface area contributed by atoms with Crippen molar-refractivity contribution in [3.8, 4) is 0 Å². The molecule has 0 radical (unpaired) electrons. The predicted molar refractivity (Wildman–Crippen MR) is 110 cm³/mol. The van der Waals surface area contributed by atoms with Gasteiger partial charge in [0.15, 0.2) is 0 Å². The third-order valence-corrected chi connectivity index (χ3v) is 5.98. The zero-order chi connectivity index (χ0) is 18.1. The molecule has 0 unspecified atom stereocenters. The number of carbonyl (C=O) groups excluding carboxylic acids is 2. The maximum absolute atomic E-state index is 11.0. The molecule has 128 valence electrons. The summed E-state index contributed by atoms with van der Waals surface area (Å²) in [7, 11) is 0. The Labute approximate surface area is 170 Å². The summed E-state index contributed by atoms with van der Waals surface area (Å²) in [4.78, 5) is 32.1. The summed E-state index contributed by atoms with van der Waals surface area (Å²) < 4.78 is 1.71. The Morgan fingerprint density at radius 2 is 1.52 bits per heavy atom. The molecule has 0 saturated carbocycles. The minimum Gasteiger partial charge on any atom is -0.325 e. The smallest absolute Gasteiger partial charge is 0.283 e. The summed E-state index contributed by atoms with van der Waals surface area (Å²) in [6.07, 6.45) is 0.768. The van der Waals surface area contributed by atoms with Crippen LogP contribution in [0.2, 0.25) is 0 Å². The first-order valence-corrected chi connectivity index (χ1v) is 9.35. The van der Waals surface area contributed by atoms with Gasteiger partial charge in [-0.1, -0.05) is 6.07 Å². The highest BCUT2D eigenvalue weighted by atomic mass is 127. The molecule has 2 aromatic carbocycles. The van der Waals surface area contributed by atoms with Crippen LogP contribution in [0.4, 0.5) is 17.1 Å². The standard InChI is InChI=1S/C8H5IN2O3.C8H6INO/c9-8-4-3-7(12)10-5(4)1-2-6(8)11(13)14;9-6-2-1-3-7-5(6)4-8(11)10-7/h1-2H,3H2,(H,10,12);1-3H,4H2,(H,10,11). The van der Waals surface area contributed by atoms with Gasteiger partial charge in [0.25, 0.3) is 5.69 Å². The molecule has 2 aliphatic heterocycles. The van der Waals surface area contributed by atoms with Gasteiger partial charge >= 0.3 is 0 Å². The van der Waals surface area contributed by atoms with Gasteiger partial charge < -0.3 is 10.6 Å². The first-order valence-electron chi connectivity index (χ1n) is 7.19. The third kappa shape index (κ3) is 3.76. The average molecular weight is 563 g/mol. The Balaban J connectivity index is 0.000000150. The van der Waals surface area contributed by atoms with E-state index in [2.05, 4.69) is 33.2 Å². The average Bonchev–Trinajstić information content (AvgIpc) is 3.11. The molecular formula is C16H11I2N3O4. The van der Waals surface area contributed by atoms with Crippen LogP contribution in [0.5, 0.6) is 0 Å². The number of hydrogen-bond acceptors (Lipinski definition) is 4. The van der Waals surface area contributed by atoms with E-state index in [1.165, 1.54) is 9.64 Å².